The average Bonchev–Trinajstić information content (AvgIpc) is 2.49. The summed E-state index contributed by atoms with van der Waals surface area (Å²) in [5.74, 6) is -0.962. The Hall–Kier alpha value is -1.23. The third kappa shape index (κ3) is 4.44. The Bertz CT molecular complexity index is 673. The van der Waals surface area contributed by atoms with Gasteiger partial charge in [0.1, 0.15) is 16.8 Å². The van der Waals surface area contributed by atoms with Crippen molar-refractivity contribution in [2.24, 2.45) is 0 Å². The van der Waals surface area contributed by atoms with Gasteiger partial charge in [-0.3, -0.25) is 4.90 Å². The van der Waals surface area contributed by atoms with Crippen molar-refractivity contribution in [2.45, 2.75) is 24.0 Å². The van der Waals surface area contributed by atoms with E-state index >= 15 is 0 Å². The Balaban J connectivity index is 2.17. The van der Waals surface area contributed by atoms with Crippen molar-refractivity contribution in [1.82, 2.24) is 14.9 Å². The predicted molar refractivity (Wildman–Crippen MR) is 80.6 cm³/mol. The number of aryl methyl sites for hydroxylation is 1. The van der Waals surface area contributed by atoms with E-state index in [0.717, 1.165) is 6.07 Å². The molecule has 0 bridgehead atoms. The number of piperazine rings is 1. The summed E-state index contributed by atoms with van der Waals surface area (Å²) in [6, 6.07) is 1.79. The molecule has 1 heterocycles. The lowest BCUT2D eigenvalue weighted by atomic mass is 10.2. The van der Waals surface area contributed by atoms with E-state index in [4.69, 9.17) is 0 Å². The molecule has 2 N–H and O–H groups in total. The number of hydrogen-bond donors (Lipinski definition) is 2. The maximum atomic E-state index is 14.0. The quantitative estimate of drug-likeness (QED) is 0.767. The zero-order valence-corrected chi connectivity index (χ0v) is 13.8. The van der Waals surface area contributed by atoms with Crippen molar-refractivity contribution in [2.75, 3.05) is 32.7 Å². The third-order valence-corrected chi connectivity index (χ3v) is 5.32. The van der Waals surface area contributed by atoms with Crippen molar-refractivity contribution in [3.63, 3.8) is 0 Å². The van der Waals surface area contributed by atoms with E-state index in [0.29, 0.717) is 13.1 Å². The lowest BCUT2D eigenvalue weighted by molar-refractivity contribution is -0.182. The summed E-state index contributed by atoms with van der Waals surface area (Å²) >= 11 is 0. The molecular weight excluding hydrogens is 350 g/mol. The van der Waals surface area contributed by atoms with Crippen molar-refractivity contribution < 1.29 is 26.0 Å². The number of rotatable bonds is 5. The molecule has 1 aromatic rings. The van der Waals surface area contributed by atoms with E-state index in [9.17, 15) is 26.0 Å². The van der Waals surface area contributed by atoms with E-state index in [1.807, 2.05) is 4.72 Å². The minimum Gasteiger partial charge on any atom is -0.314 e. The van der Waals surface area contributed by atoms with Gasteiger partial charge in [0.2, 0.25) is 10.0 Å². The first-order chi connectivity index (χ1) is 11.1. The number of benzene rings is 1. The summed E-state index contributed by atoms with van der Waals surface area (Å²) in [6.07, 6.45) is -4.59. The number of halogens is 4. The first-order valence-electron chi connectivity index (χ1n) is 7.39. The molecule has 0 radical (unpaired) electrons. The molecule has 0 aliphatic carbocycles. The first kappa shape index (κ1) is 19.1. The van der Waals surface area contributed by atoms with Gasteiger partial charge in [0.15, 0.2) is 0 Å². The van der Waals surface area contributed by atoms with Gasteiger partial charge in [0.25, 0.3) is 0 Å². The van der Waals surface area contributed by atoms with Gasteiger partial charge in [-0.25, -0.2) is 17.5 Å². The van der Waals surface area contributed by atoms with E-state index in [-0.39, 0.29) is 18.7 Å². The molecule has 1 atom stereocenters. The first-order valence-corrected chi connectivity index (χ1v) is 8.87. The van der Waals surface area contributed by atoms with Crippen LogP contribution in [0.25, 0.3) is 0 Å². The van der Waals surface area contributed by atoms with Crippen molar-refractivity contribution >= 4 is 10.0 Å². The number of nitrogens with one attached hydrogen (secondary N) is 2. The molecule has 1 saturated heterocycles. The van der Waals surface area contributed by atoms with Crippen molar-refractivity contribution in [3.8, 4) is 0 Å². The van der Waals surface area contributed by atoms with Crippen molar-refractivity contribution in [1.29, 1.82) is 0 Å². The fourth-order valence-electron chi connectivity index (χ4n) is 2.54. The monoisotopic (exact) mass is 369 g/mol. The van der Waals surface area contributed by atoms with Crippen LogP contribution in [-0.4, -0.2) is 58.3 Å². The lowest BCUT2D eigenvalue weighted by Crippen LogP contribution is -2.57. The van der Waals surface area contributed by atoms with E-state index < -0.39 is 39.5 Å². The molecule has 1 fully saturated rings. The SMILES string of the molecule is Cc1cccc(S(=O)(=O)NCC(N2CCNCC2)C(F)(F)F)c1F. The van der Waals surface area contributed by atoms with Crippen LogP contribution in [0.1, 0.15) is 5.56 Å². The molecule has 0 amide bonds. The molecule has 24 heavy (non-hydrogen) atoms. The zero-order valence-electron chi connectivity index (χ0n) is 13.0. The average molecular weight is 369 g/mol. The molecule has 1 aliphatic rings. The predicted octanol–water partition coefficient (Wildman–Crippen LogP) is 1.25. The number of alkyl halides is 3. The van der Waals surface area contributed by atoms with Crippen LogP contribution in [0.4, 0.5) is 17.6 Å². The minimum absolute atomic E-state index is 0.104. The summed E-state index contributed by atoms with van der Waals surface area (Å²) in [5, 5.41) is 2.94. The molecule has 5 nitrogen and oxygen atoms in total. The number of hydrogen-bond acceptors (Lipinski definition) is 4. The molecular formula is C14H19F4N3O2S. The highest BCUT2D eigenvalue weighted by molar-refractivity contribution is 7.89. The van der Waals surface area contributed by atoms with Gasteiger partial charge >= 0.3 is 6.18 Å². The minimum atomic E-state index is -4.59. The summed E-state index contributed by atoms with van der Waals surface area (Å²) in [6.45, 7) is 1.62. The van der Waals surface area contributed by atoms with E-state index in [1.54, 1.807) is 0 Å². The summed E-state index contributed by atoms with van der Waals surface area (Å²) < 4.78 is 80.0. The molecule has 0 saturated carbocycles. The zero-order chi connectivity index (χ0) is 18.0. The molecule has 1 unspecified atom stereocenters. The van der Waals surface area contributed by atoms with Gasteiger partial charge < -0.3 is 5.32 Å². The normalized spacial score (nSPS) is 18.5. The van der Waals surface area contributed by atoms with E-state index in [1.165, 1.54) is 24.0 Å². The van der Waals surface area contributed by atoms with Crippen LogP contribution in [0.5, 0.6) is 0 Å². The number of nitrogens with zero attached hydrogens (tertiary/aromatic N) is 1. The molecule has 10 heteroatoms. The molecule has 2 rings (SSSR count). The van der Waals surface area contributed by atoms with Gasteiger partial charge in [-0.15, -0.1) is 0 Å². The summed E-state index contributed by atoms with van der Waals surface area (Å²) in [7, 11) is -4.37. The molecule has 136 valence electrons. The second-order valence-electron chi connectivity index (χ2n) is 5.58. The number of sulfonamides is 1. The van der Waals surface area contributed by atoms with Crippen LogP contribution in [0, 0.1) is 12.7 Å². The second-order valence-corrected chi connectivity index (χ2v) is 7.32. The fourth-order valence-corrected chi connectivity index (χ4v) is 3.73. The summed E-state index contributed by atoms with van der Waals surface area (Å²) in [5.41, 5.74) is 0.104. The van der Waals surface area contributed by atoms with Gasteiger partial charge in [-0.2, -0.15) is 13.2 Å². The van der Waals surface area contributed by atoms with Crippen LogP contribution in [0.15, 0.2) is 23.1 Å². The van der Waals surface area contributed by atoms with Crippen LogP contribution in [0.2, 0.25) is 0 Å². The van der Waals surface area contributed by atoms with Gasteiger partial charge in [0, 0.05) is 32.7 Å². The maximum Gasteiger partial charge on any atom is 0.405 e. The maximum absolute atomic E-state index is 14.0. The lowest BCUT2D eigenvalue weighted by Gasteiger charge is -2.35. The smallest absolute Gasteiger partial charge is 0.314 e. The summed E-state index contributed by atoms with van der Waals surface area (Å²) in [4.78, 5) is 0.523. The van der Waals surface area contributed by atoms with Gasteiger partial charge in [-0.05, 0) is 18.6 Å². The third-order valence-electron chi connectivity index (χ3n) is 3.88. The Labute approximate surface area is 138 Å². The molecule has 0 aromatic heterocycles. The standard InChI is InChI=1S/C14H19F4N3O2S/c1-10-3-2-4-11(13(10)15)24(22,23)20-9-12(14(16,17)18)21-7-5-19-6-8-21/h2-4,12,19-20H,5-9H2,1H3. The Morgan fingerprint density at radius 1 is 1.29 bits per heavy atom. The highest BCUT2D eigenvalue weighted by Gasteiger charge is 2.44. The molecule has 0 spiro atoms. The van der Waals surface area contributed by atoms with E-state index in [2.05, 4.69) is 5.32 Å². The highest BCUT2D eigenvalue weighted by atomic mass is 32.2. The largest absolute Gasteiger partial charge is 0.405 e. The topological polar surface area (TPSA) is 61.4 Å². The van der Waals surface area contributed by atoms with Crippen LogP contribution < -0.4 is 10.0 Å². The van der Waals surface area contributed by atoms with Crippen LogP contribution in [-0.2, 0) is 10.0 Å². The van der Waals surface area contributed by atoms with Crippen LogP contribution in [0.3, 0.4) is 0 Å². The Kier molecular flexibility index (Phi) is 5.84. The van der Waals surface area contributed by atoms with Gasteiger partial charge in [-0.1, -0.05) is 12.1 Å². The van der Waals surface area contributed by atoms with Crippen molar-refractivity contribution in [3.05, 3.63) is 29.6 Å². The van der Waals surface area contributed by atoms with Gasteiger partial charge in [0.05, 0.1) is 0 Å². The Morgan fingerprint density at radius 3 is 2.50 bits per heavy atom. The molecule has 1 aliphatic heterocycles. The highest BCUT2D eigenvalue weighted by Crippen LogP contribution is 2.25. The second kappa shape index (κ2) is 7.34. The Morgan fingerprint density at radius 2 is 1.92 bits per heavy atom. The van der Waals surface area contributed by atoms with Crippen LogP contribution >= 0.6 is 0 Å². The fraction of sp³-hybridized carbons (Fsp3) is 0.571. The molecule has 1 aromatic carbocycles.